The van der Waals surface area contributed by atoms with Crippen molar-refractivity contribution in [1.82, 2.24) is 30.2 Å². The second-order valence-electron chi connectivity index (χ2n) is 16.7. The van der Waals surface area contributed by atoms with Gasteiger partial charge in [-0.3, -0.25) is 4.79 Å². The molecular weight excluding hydrogens is 797 g/mol. The third-order valence-electron chi connectivity index (χ3n) is 12.6. The molecule has 2 fully saturated rings. The van der Waals surface area contributed by atoms with Gasteiger partial charge in [-0.2, -0.15) is 0 Å². The lowest BCUT2D eigenvalue weighted by Crippen LogP contribution is -2.64. The van der Waals surface area contributed by atoms with Gasteiger partial charge in [0.25, 0.3) is 0 Å². The number of aryl methyl sites for hydroxylation is 2. The molecule has 12 nitrogen and oxygen atoms in total. The average molecular weight is 843 g/mol. The lowest BCUT2D eigenvalue weighted by atomic mass is 9.61. The highest BCUT2D eigenvalue weighted by Crippen LogP contribution is 2.51. The quantitative estimate of drug-likeness (QED) is 0.0773. The molecule has 14 heteroatoms. The summed E-state index contributed by atoms with van der Waals surface area (Å²) in [7, 11) is 0. The van der Waals surface area contributed by atoms with Crippen LogP contribution in [0.25, 0.3) is 32.4 Å². The van der Waals surface area contributed by atoms with Crippen molar-refractivity contribution in [3.05, 3.63) is 133 Å². The molecule has 1 aliphatic heterocycles. The highest BCUT2D eigenvalue weighted by Gasteiger charge is 2.55. The van der Waals surface area contributed by atoms with E-state index in [4.69, 9.17) is 4.74 Å². The van der Waals surface area contributed by atoms with Crippen molar-refractivity contribution in [2.24, 2.45) is 5.41 Å². The van der Waals surface area contributed by atoms with Crippen LogP contribution in [0, 0.1) is 5.41 Å². The van der Waals surface area contributed by atoms with Crippen LogP contribution in [0.4, 0.5) is 0 Å². The number of carbonyl (C=O) groups is 1. The number of carbonyl (C=O) groups excluding carboxylic acids is 1. The maximum absolute atomic E-state index is 13.8. The van der Waals surface area contributed by atoms with Gasteiger partial charge < -0.3 is 35.3 Å². The number of esters is 1. The number of H-pyrrole nitrogens is 1. The number of rotatable bonds is 14. The fourth-order valence-corrected chi connectivity index (χ4v) is 11.7. The average Bonchev–Trinajstić information content (AvgIpc) is 4.07. The molecule has 1 saturated heterocycles. The molecule has 60 heavy (non-hydrogen) atoms. The minimum absolute atomic E-state index is 0.0318. The van der Waals surface area contributed by atoms with E-state index in [0.717, 1.165) is 86.2 Å². The minimum atomic E-state index is -1.84. The number of pyridine rings is 1. The summed E-state index contributed by atoms with van der Waals surface area (Å²) in [5.41, 5.74) is 5.85. The zero-order valence-electron chi connectivity index (χ0n) is 33.0. The highest BCUT2D eigenvalue weighted by molar-refractivity contribution is 7.16. The molecule has 5 N–H and O–H groups in total. The first-order chi connectivity index (χ1) is 29.2. The number of aliphatic hydroxyl groups is 2. The van der Waals surface area contributed by atoms with Crippen LogP contribution in [0.5, 0.6) is 5.75 Å². The van der Waals surface area contributed by atoms with Crippen LogP contribution in [0.15, 0.2) is 95.1 Å². The van der Waals surface area contributed by atoms with Crippen molar-refractivity contribution in [3.63, 3.8) is 0 Å². The first-order valence-electron chi connectivity index (χ1n) is 20.6. The van der Waals surface area contributed by atoms with Gasteiger partial charge in [0.15, 0.2) is 0 Å². The van der Waals surface area contributed by atoms with Gasteiger partial charge in [-0.1, -0.05) is 47.7 Å². The fraction of sp³-hybridized carbons (Fsp3) is 0.348. The third kappa shape index (κ3) is 7.04. The maximum Gasteiger partial charge on any atom is 0.349 e. The number of likely N-dealkylation sites (tertiary alicyclic amines) is 1. The molecule has 0 amide bonds. The first-order valence-corrected chi connectivity index (χ1v) is 22.3. The topological polar surface area (TPSA) is 166 Å². The summed E-state index contributed by atoms with van der Waals surface area (Å²) in [5.74, 6) is -0.633. The molecule has 3 aromatic carbocycles. The fourth-order valence-electron chi connectivity index (χ4n) is 9.75. The van der Waals surface area contributed by atoms with Gasteiger partial charge in [0.05, 0.1) is 26.9 Å². The number of aromatic nitrogens is 4. The number of nitrogens with zero attached hydrogens (tertiary/aromatic N) is 4. The number of aliphatic hydroxyl groups excluding tert-OH is 1. The zero-order chi connectivity index (χ0) is 41.0. The molecular formula is C46H46N6O6S2. The summed E-state index contributed by atoms with van der Waals surface area (Å²) in [5, 5.41) is 48.4. The van der Waals surface area contributed by atoms with Crippen molar-refractivity contribution in [1.29, 1.82) is 0 Å². The number of hydrogen-bond acceptors (Lipinski definition) is 12. The predicted molar refractivity (Wildman–Crippen MR) is 232 cm³/mol. The lowest BCUT2D eigenvalue weighted by molar-refractivity contribution is -0.191. The van der Waals surface area contributed by atoms with Crippen LogP contribution < -0.4 is 10.9 Å². The summed E-state index contributed by atoms with van der Waals surface area (Å²) >= 11 is 2.78. The summed E-state index contributed by atoms with van der Waals surface area (Å²) in [6.45, 7) is 4.55. The second kappa shape index (κ2) is 15.7. The Morgan fingerprint density at radius 1 is 1.00 bits per heavy atom. The minimum Gasteiger partial charge on any atom is -0.506 e. The smallest absolute Gasteiger partial charge is 0.349 e. The van der Waals surface area contributed by atoms with Crippen molar-refractivity contribution in [2.45, 2.75) is 69.4 Å². The van der Waals surface area contributed by atoms with Crippen LogP contribution in [-0.4, -0.2) is 78.4 Å². The standard InChI is InChI=1S/C46H46N6O6S2/c53-36-14-12-32(33-13-17-41(55)48-42(33)36)37(54)25-47-24-29-21-35-43(34-10-4-9-31(29)34)52(50-49-35)19-6-18-51-26-45(27-51)22-30(23-45)58-44(56)46(57,39-11-5-20-59-39)40-16-15-38(60-40)28-7-2-1-3-8-28/h1-3,5,7-8,11-17,20-21,30,37,47,53-54,57H,4,6,9-10,18-19,22-27H2,(H,48,55)/t37-,46+/m0/s1. The Morgan fingerprint density at radius 3 is 2.65 bits per heavy atom. The molecule has 1 spiro atoms. The van der Waals surface area contributed by atoms with E-state index in [1.165, 1.54) is 51.5 Å². The van der Waals surface area contributed by atoms with E-state index in [-0.39, 0.29) is 22.8 Å². The van der Waals surface area contributed by atoms with E-state index in [2.05, 4.69) is 36.3 Å². The van der Waals surface area contributed by atoms with E-state index in [0.29, 0.717) is 39.3 Å². The molecule has 0 bridgehead atoms. The summed E-state index contributed by atoms with van der Waals surface area (Å²) in [4.78, 5) is 32.9. The molecule has 2 aliphatic carbocycles. The van der Waals surface area contributed by atoms with Crippen molar-refractivity contribution < 1.29 is 24.9 Å². The lowest BCUT2D eigenvalue weighted by Gasteiger charge is -2.58. The Hall–Kier alpha value is -5.22. The highest BCUT2D eigenvalue weighted by atomic mass is 32.1. The SMILES string of the molecule is O=C(OC1CC2(C1)CN(CCCn1nnc3cc(CNC[C@H](O)c4ccc(O)c5[nH]c(=O)ccc45)c4c(c31)CCC4)C2)[C@@](O)(c1cccs1)c1ccc(-c2ccccc2)s1. The Labute approximate surface area is 354 Å². The van der Waals surface area contributed by atoms with E-state index in [1.807, 2.05) is 53.9 Å². The monoisotopic (exact) mass is 842 g/mol. The molecule has 308 valence electrons. The molecule has 1 saturated carbocycles. The van der Waals surface area contributed by atoms with Crippen LogP contribution in [0.3, 0.4) is 0 Å². The Morgan fingerprint density at radius 2 is 1.83 bits per heavy atom. The number of thiophene rings is 2. The zero-order valence-corrected chi connectivity index (χ0v) is 34.6. The van der Waals surface area contributed by atoms with E-state index >= 15 is 0 Å². The molecule has 2 atom stereocenters. The van der Waals surface area contributed by atoms with E-state index < -0.39 is 17.7 Å². The number of aromatic hydroxyl groups is 1. The van der Waals surface area contributed by atoms with Crippen molar-refractivity contribution in [3.8, 4) is 16.2 Å². The summed E-state index contributed by atoms with van der Waals surface area (Å²) in [6.07, 6.45) is 4.58. The molecule has 7 aromatic rings. The van der Waals surface area contributed by atoms with Gasteiger partial charge >= 0.3 is 5.97 Å². The molecule has 0 radical (unpaired) electrons. The molecule has 4 aromatic heterocycles. The van der Waals surface area contributed by atoms with Crippen LogP contribution >= 0.6 is 22.7 Å². The van der Waals surface area contributed by atoms with E-state index in [1.54, 1.807) is 18.2 Å². The van der Waals surface area contributed by atoms with Gasteiger partial charge in [-0.25, -0.2) is 9.48 Å². The number of aromatic amines is 1. The molecule has 3 aliphatic rings. The van der Waals surface area contributed by atoms with Crippen molar-refractivity contribution in [2.75, 3.05) is 26.2 Å². The number of hydrogen-bond donors (Lipinski definition) is 5. The normalized spacial score (nSPS) is 17.7. The van der Waals surface area contributed by atoms with Crippen LogP contribution in [-0.2, 0) is 41.1 Å². The van der Waals surface area contributed by atoms with Gasteiger partial charge in [0.1, 0.15) is 17.4 Å². The number of fused-ring (bicyclic) bond motifs is 4. The van der Waals surface area contributed by atoms with Gasteiger partial charge in [0.2, 0.25) is 11.2 Å². The van der Waals surface area contributed by atoms with Gasteiger partial charge in [0, 0.05) is 54.5 Å². The summed E-state index contributed by atoms with van der Waals surface area (Å²) in [6, 6.07) is 25.8. The predicted octanol–water partition coefficient (Wildman–Crippen LogP) is 6.41. The second-order valence-corrected chi connectivity index (χ2v) is 18.7. The summed E-state index contributed by atoms with van der Waals surface area (Å²) < 4.78 is 8.12. The van der Waals surface area contributed by atoms with Gasteiger partial charge in [-0.05, 0) is 115 Å². The number of nitrogens with one attached hydrogen (secondary N) is 2. The Kier molecular flexibility index (Phi) is 10.2. The van der Waals surface area contributed by atoms with Gasteiger partial charge in [-0.15, -0.1) is 27.8 Å². The number of benzene rings is 3. The molecule has 0 unspecified atom stereocenters. The maximum atomic E-state index is 13.8. The van der Waals surface area contributed by atoms with Crippen LogP contribution in [0.2, 0.25) is 0 Å². The number of phenolic OH excluding ortho intramolecular Hbond substituents is 1. The van der Waals surface area contributed by atoms with Crippen LogP contribution in [0.1, 0.15) is 63.8 Å². The van der Waals surface area contributed by atoms with E-state index in [9.17, 15) is 24.9 Å². The largest absolute Gasteiger partial charge is 0.506 e. The third-order valence-corrected chi connectivity index (χ3v) is 14.9. The molecule has 5 heterocycles. The Bertz CT molecular complexity index is 2750. The Balaban J connectivity index is 0.720. The van der Waals surface area contributed by atoms with Crippen molar-refractivity contribution >= 4 is 50.6 Å². The first kappa shape index (κ1) is 38.9. The molecule has 10 rings (SSSR count). The number of ether oxygens (including phenoxy) is 1. The number of phenols is 1.